The number of rotatable bonds is 6. The van der Waals surface area contributed by atoms with Crippen molar-refractivity contribution in [2.24, 2.45) is 4.99 Å². The van der Waals surface area contributed by atoms with E-state index in [4.69, 9.17) is 9.73 Å². The maximum atomic E-state index is 5.60. The largest absolute Gasteiger partial charge is 0.375 e. The molecule has 1 aliphatic heterocycles. The molecule has 152 valence electrons. The number of ether oxygens (including phenoxy) is 1. The number of pyridine rings is 1. The van der Waals surface area contributed by atoms with E-state index in [1.165, 1.54) is 0 Å². The first kappa shape index (κ1) is 20.5. The molecule has 0 spiro atoms. The molecule has 0 amide bonds. The number of aryl methyl sites for hydroxylation is 1. The van der Waals surface area contributed by atoms with Crippen LogP contribution in [0.4, 0.5) is 5.82 Å². The number of guanidine groups is 1. The predicted molar refractivity (Wildman–Crippen MR) is 115 cm³/mol. The first-order chi connectivity index (χ1) is 13.5. The van der Waals surface area contributed by atoms with Crippen LogP contribution in [0, 0.1) is 6.92 Å². The third-order valence-corrected chi connectivity index (χ3v) is 5.37. The van der Waals surface area contributed by atoms with Crippen LogP contribution in [0.15, 0.2) is 28.7 Å². The Bertz CT molecular complexity index is 775. The number of morpholine rings is 1. The summed E-state index contributed by atoms with van der Waals surface area (Å²) < 4.78 is 5.60. The Kier molecular flexibility index (Phi) is 7.22. The first-order valence-corrected chi connectivity index (χ1v) is 10.6. The van der Waals surface area contributed by atoms with Gasteiger partial charge in [0.25, 0.3) is 0 Å². The highest BCUT2D eigenvalue weighted by Crippen LogP contribution is 2.16. The van der Waals surface area contributed by atoms with Crippen LogP contribution in [0.3, 0.4) is 0 Å². The molecule has 2 aromatic heterocycles. The van der Waals surface area contributed by atoms with Crippen molar-refractivity contribution in [3.05, 3.63) is 40.0 Å². The summed E-state index contributed by atoms with van der Waals surface area (Å²) in [5.74, 6) is 1.88. The zero-order valence-corrected chi connectivity index (χ0v) is 18.0. The monoisotopic (exact) mass is 402 g/mol. The fourth-order valence-electron chi connectivity index (χ4n) is 3.16. The van der Waals surface area contributed by atoms with E-state index in [1.807, 2.05) is 20.2 Å². The second-order valence-electron chi connectivity index (χ2n) is 7.04. The van der Waals surface area contributed by atoms with Gasteiger partial charge in [-0.25, -0.2) is 15.0 Å². The van der Waals surface area contributed by atoms with Crippen molar-refractivity contribution >= 4 is 23.1 Å². The molecule has 0 aliphatic carbocycles. The van der Waals surface area contributed by atoms with Gasteiger partial charge in [-0.15, -0.1) is 11.3 Å². The van der Waals surface area contributed by atoms with E-state index in [9.17, 15) is 0 Å². The van der Waals surface area contributed by atoms with Crippen LogP contribution >= 0.6 is 11.3 Å². The molecule has 0 aromatic carbocycles. The van der Waals surface area contributed by atoms with Gasteiger partial charge < -0.3 is 19.9 Å². The lowest BCUT2D eigenvalue weighted by Crippen LogP contribution is -2.41. The minimum absolute atomic E-state index is 0.250. The van der Waals surface area contributed by atoms with Crippen molar-refractivity contribution in [1.82, 2.24) is 20.2 Å². The zero-order valence-electron chi connectivity index (χ0n) is 17.2. The highest BCUT2D eigenvalue weighted by atomic mass is 32.1. The Morgan fingerprint density at radius 3 is 2.96 bits per heavy atom. The number of hydrogen-bond donors (Lipinski definition) is 1. The Hall–Kier alpha value is -2.19. The van der Waals surface area contributed by atoms with Gasteiger partial charge in [0.15, 0.2) is 5.96 Å². The van der Waals surface area contributed by atoms with Gasteiger partial charge in [0, 0.05) is 38.3 Å². The Morgan fingerprint density at radius 2 is 2.32 bits per heavy atom. The molecule has 2 aromatic rings. The summed E-state index contributed by atoms with van der Waals surface area (Å²) in [6.07, 6.45) is 2.17. The second kappa shape index (κ2) is 9.84. The molecule has 1 atom stereocenters. The quantitative estimate of drug-likeness (QED) is 0.592. The van der Waals surface area contributed by atoms with Crippen molar-refractivity contribution in [3.63, 3.8) is 0 Å². The summed E-state index contributed by atoms with van der Waals surface area (Å²) in [6.45, 7) is 10.9. The third kappa shape index (κ3) is 5.65. The number of anilines is 1. The van der Waals surface area contributed by atoms with Gasteiger partial charge in [0.05, 0.1) is 36.5 Å². The normalized spacial score (nSPS) is 17.6. The lowest BCUT2D eigenvalue weighted by Gasteiger charge is -2.32. The fourth-order valence-corrected chi connectivity index (χ4v) is 3.76. The van der Waals surface area contributed by atoms with E-state index < -0.39 is 0 Å². The summed E-state index contributed by atoms with van der Waals surface area (Å²) in [5.41, 5.74) is 2.17. The summed E-state index contributed by atoms with van der Waals surface area (Å²) >= 11 is 1.68. The average molecular weight is 403 g/mol. The molecule has 3 rings (SSSR count). The van der Waals surface area contributed by atoms with Crippen molar-refractivity contribution in [3.8, 4) is 0 Å². The molecule has 1 fully saturated rings. The average Bonchev–Trinajstić information content (AvgIpc) is 3.10. The van der Waals surface area contributed by atoms with E-state index in [1.54, 1.807) is 11.3 Å². The van der Waals surface area contributed by atoms with Crippen molar-refractivity contribution in [1.29, 1.82) is 0 Å². The third-order valence-electron chi connectivity index (χ3n) is 4.55. The van der Waals surface area contributed by atoms with E-state index >= 15 is 0 Å². The van der Waals surface area contributed by atoms with Crippen LogP contribution < -0.4 is 10.2 Å². The maximum Gasteiger partial charge on any atom is 0.194 e. The molecule has 7 nitrogen and oxygen atoms in total. The summed E-state index contributed by atoms with van der Waals surface area (Å²) in [6, 6.07) is 4.19. The zero-order chi connectivity index (χ0) is 19.9. The number of aromatic nitrogens is 2. The Labute approximate surface area is 171 Å². The SMILES string of the molecule is CCNC(=NCc1ccc(N2CCOC(C)C2)nc1)N(C)Cc1csc(C)n1. The number of hydrogen-bond acceptors (Lipinski definition) is 6. The molecule has 1 unspecified atom stereocenters. The molecule has 1 N–H and O–H groups in total. The molecule has 1 saturated heterocycles. The summed E-state index contributed by atoms with van der Waals surface area (Å²) in [5, 5.41) is 6.55. The number of thiazole rings is 1. The molecule has 0 radical (unpaired) electrons. The Morgan fingerprint density at radius 1 is 1.46 bits per heavy atom. The van der Waals surface area contributed by atoms with E-state index in [0.29, 0.717) is 6.54 Å². The van der Waals surface area contributed by atoms with Gasteiger partial charge in [-0.05, 0) is 32.4 Å². The number of aliphatic imine (C=N–C) groups is 1. The van der Waals surface area contributed by atoms with Crippen LogP contribution in [-0.4, -0.2) is 60.2 Å². The molecule has 0 bridgehead atoms. The molecule has 8 heteroatoms. The molecule has 0 saturated carbocycles. The van der Waals surface area contributed by atoms with Crippen LogP contribution in [0.25, 0.3) is 0 Å². The molecular formula is C20H30N6OS. The molecule has 28 heavy (non-hydrogen) atoms. The van der Waals surface area contributed by atoms with E-state index in [-0.39, 0.29) is 6.10 Å². The molecule has 3 heterocycles. The lowest BCUT2D eigenvalue weighted by atomic mass is 10.2. The first-order valence-electron chi connectivity index (χ1n) is 9.77. The molecule has 1 aliphatic rings. The summed E-state index contributed by atoms with van der Waals surface area (Å²) in [4.78, 5) is 18.3. The van der Waals surface area contributed by atoms with Crippen LogP contribution in [0.1, 0.15) is 30.1 Å². The minimum atomic E-state index is 0.250. The van der Waals surface area contributed by atoms with E-state index in [0.717, 1.165) is 60.8 Å². The van der Waals surface area contributed by atoms with Crippen LogP contribution in [0.2, 0.25) is 0 Å². The lowest BCUT2D eigenvalue weighted by molar-refractivity contribution is 0.0529. The smallest absolute Gasteiger partial charge is 0.194 e. The van der Waals surface area contributed by atoms with Gasteiger partial charge in [0.2, 0.25) is 0 Å². The van der Waals surface area contributed by atoms with E-state index in [2.05, 4.69) is 56.4 Å². The summed E-state index contributed by atoms with van der Waals surface area (Å²) in [7, 11) is 2.04. The van der Waals surface area contributed by atoms with Gasteiger partial charge >= 0.3 is 0 Å². The van der Waals surface area contributed by atoms with Gasteiger partial charge in [-0.2, -0.15) is 0 Å². The van der Waals surface area contributed by atoms with Crippen molar-refractivity contribution < 1.29 is 4.74 Å². The van der Waals surface area contributed by atoms with Crippen LogP contribution in [-0.2, 0) is 17.8 Å². The van der Waals surface area contributed by atoms with Gasteiger partial charge in [-0.1, -0.05) is 6.07 Å². The highest BCUT2D eigenvalue weighted by Gasteiger charge is 2.17. The fraction of sp³-hybridized carbons (Fsp3) is 0.550. The predicted octanol–water partition coefficient (Wildman–Crippen LogP) is 2.67. The number of nitrogens with one attached hydrogen (secondary N) is 1. The Balaban J connectivity index is 1.62. The van der Waals surface area contributed by atoms with Gasteiger partial charge in [-0.3, -0.25) is 0 Å². The standard InChI is InChI=1S/C20H30N6OS/c1-5-21-20(25(4)13-18-14-28-16(3)24-18)23-11-17-6-7-19(22-10-17)26-8-9-27-15(2)12-26/h6-7,10,14-15H,5,8-9,11-13H2,1-4H3,(H,21,23). The van der Waals surface area contributed by atoms with Gasteiger partial charge in [0.1, 0.15) is 5.82 Å². The second-order valence-corrected chi connectivity index (χ2v) is 8.10. The minimum Gasteiger partial charge on any atom is -0.375 e. The maximum absolute atomic E-state index is 5.60. The molecular weight excluding hydrogens is 372 g/mol. The van der Waals surface area contributed by atoms with Crippen molar-refractivity contribution in [2.75, 3.05) is 38.2 Å². The van der Waals surface area contributed by atoms with Crippen molar-refractivity contribution in [2.45, 2.75) is 40.0 Å². The highest BCUT2D eigenvalue weighted by molar-refractivity contribution is 7.09. The topological polar surface area (TPSA) is 65.9 Å². The van der Waals surface area contributed by atoms with Crippen LogP contribution in [0.5, 0.6) is 0 Å². The number of nitrogens with zero attached hydrogens (tertiary/aromatic N) is 5.